The number of hydrogen-bond acceptors (Lipinski definition) is 2. The fourth-order valence-corrected chi connectivity index (χ4v) is 7.20. The van der Waals surface area contributed by atoms with Crippen LogP contribution in [0.3, 0.4) is 0 Å². The van der Waals surface area contributed by atoms with E-state index in [0.29, 0.717) is 18.1 Å². The Kier molecular flexibility index (Phi) is 11.5. The van der Waals surface area contributed by atoms with Crippen LogP contribution in [0.1, 0.15) is 124 Å². The van der Waals surface area contributed by atoms with Gasteiger partial charge in [-0.1, -0.05) is 39.5 Å². The smallest absolute Gasteiger partial charge is 0.222 e. The minimum Gasteiger partial charge on any atom is -0.379 e. The molecule has 4 nitrogen and oxygen atoms in total. The lowest BCUT2D eigenvalue weighted by atomic mass is 9.91. The molecule has 1 unspecified atom stereocenters. The van der Waals surface area contributed by atoms with Crippen molar-refractivity contribution in [1.82, 2.24) is 4.90 Å². The van der Waals surface area contributed by atoms with Gasteiger partial charge in [-0.25, -0.2) is 0 Å². The Morgan fingerprint density at radius 3 is 1.94 bits per heavy atom. The van der Waals surface area contributed by atoms with Crippen molar-refractivity contribution < 1.29 is 14.0 Å². The van der Waals surface area contributed by atoms with Crippen LogP contribution in [0, 0.1) is 5.92 Å². The van der Waals surface area contributed by atoms with Crippen LogP contribution < -0.4 is 0 Å². The summed E-state index contributed by atoms with van der Waals surface area (Å²) in [6.07, 6.45) is 22.0. The number of hydrogen-bond donors (Lipinski definition) is 0. The number of ether oxygens (including phenoxy) is 1. The Morgan fingerprint density at radius 1 is 0.848 bits per heavy atom. The number of carbonyl (C=O) groups excluding carboxylic acids is 1. The van der Waals surface area contributed by atoms with Crippen LogP contribution in [0.5, 0.6) is 0 Å². The molecule has 0 aromatic carbocycles. The van der Waals surface area contributed by atoms with Gasteiger partial charge in [-0.3, -0.25) is 4.79 Å². The van der Waals surface area contributed by atoms with Crippen LogP contribution in [0.2, 0.25) is 0 Å². The largest absolute Gasteiger partial charge is 0.379 e. The van der Waals surface area contributed by atoms with Gasteiger partial charge in [0.05, 0.1) is 31.8 Å². The van der Waals surface area contributed by atoms with Crippen molar-refractivity contribution in [2.45, 2.75) is 142 Å². The van der Waals surface area contributed by atoms with Gasteiger partial charge in [-0.2, -0.15) is 0 Å². The van der Waals surface area contributed by atoms with E-state index in [4.69, 9.17) is 4.74 Å². The van der Waals surface area contributed by atoms with Crippen LogP contribution in [0.4, 0.5) is 0 Å². The van der Waals surface area contributed by atoms with E-state index in [1.807, 2.05) is 0 Å². The second-order valence-corrected chi connectivity index (χ2v) is 12.0. The van der Waals surface area contributed by atoms with Gasteiger partial charge in [0.1, 0.15) is 0 Å². The van der Waals surface area contributed by atoms with Gasteiger partial charge >= 0.3 is 0 Å². The molecule has 0 aromatic heterocycles. The lowest BCUT2D eigenvalue weighted by Gasteiger charge is -2.44. The highest BCUT2D eigenvalue weighted by atomic mass is 16.5. The van der Waals surface area contributed by atoms with E-state index in [-0.39, 0.29) is 0 Å². The van der Waals surface area contributed by atoms with Gasteiger partial charge in [-0.05, 0) is 64.7 Å². The first-order valence-corrected chi connectivity index (χ1v) is 14.8. The minimum atomic E-state index is 0.405. The molecule has 3 aliphatic heterocycles. The normalized spacial score (nSPS) is 28.4. The van der Waals surface area contributed by atoms with Crippen molar-refractivity contribution in [3.63, 3.8) is 0 Å². The molecule has 0 aromatic rings. The summed E-state index contributed by atoms with van der Waals surface area (Å²) in [6, 6.07) is 1.64. The highest BCUT2D eigenvalue weighted by Gasteiger charge is 2.40. The summed E-state index contributed by atoms with van der Waals surface area (Å²) in [5.41, 5.74) is 0. The number of quaternary nitrogens is 1. The maximum Gasteiger partial charge on any atom is 0.222 e. The number of likely N-dealkylation sites (tertiary alicyclic amines) is 2. The second-order valence-electron chi connectivity index (χ2n) is 12.0. The molecule has 0 radical (unpaired) electrons. The van der Waals surface area contributed by atoms with Crippen LogP contribution >= 0.6 is 0 Å². The number of amides is 1. The molecule has 0 N–H and O–H groups in total. The molecular formula is C29H55N2O2+. The number of nitrogens with zero attached hydrogens (tertiary/aromatic N) is 2. The summed E-state index contributed by atoms with van der Waals surface area (Å²) in [7, 11) is 0. The maximum absolute atomic E-state index is 11.4. The van der Waals surface area contributed by atoms with E-state index < -0.39 is 0 Å². The number of carbonyl (C=O) groups is 1. The molecule has 0 spiro atoms. The third kappa shape index (κ3) is 8.53. The van der Waals surface area contributed by atoms with Crippen molar-refractivity contribution in [1.29, 1.82) is 0 Å². The van der Waals surface area contributed by atoms with E-state index in [0.717, 1.165) is 38.0 Å². The van der Waals surface area contributed by atoms with E-state index in [2.05, 4.69) is 25.7 Å². The number of rotatable bonds is 4. The highest BCUT2D eigenvalue weighted by molar-refractivity contribution is 5.78. The SMILES string of the molecule is CC(C)C[N+]1(C2CCCCC2)CCCC1.CC1CCCO1.O=C1CCCN1C1CCCCC1. The Hall–Kier alpha value is -0.610. The molecule has 5 fully saturated rings. The van der Waals surface area contributed by atoms with Gasteiger partial charge in [0.25, 0.3) is 0 Å². The third-order valence-electron chi connectivity index (χ3n) is 8.82. The molecule has 192 valence electrons. The summed E-state index contributed by atoms with van der Waals surface area (Å²) in [5, 5.41) is 0. The summed E-state index contributed by atoms with van der Waals surface area (Å²) < 4.78 is 6.65. The molecule has 3 saturated heterocycles. The second kappa shape index (κ2) is 14.1. The topological polar surface area (TPSA) is 29.5 Å². The fourth-order valence-electron chi connectivity index (χ4n) is 7.20. The zero-order valence-electron chi connectivity index (χ0n) is 22.4. The first-order valence-electron chi connectivity index (χ1n) is 14.8. The van der Waals surface area contributed by atoms with Gasteiger partial charge in [0.15, 0.2) is 0 Å². The predicted molar refractivity (Wildman–Crippen MR) is 138 cm³/mol. The molecule has 0 bridgehead atoms. The van der Waals surface area contributed by atoms with Crippen molar-refractivity contribution in [3.05, 3.63) is 0 Å². The fraction of sp³-hybridized carbons (Fsp3) is 0.966. The van der Waals surface area contributed by atoms with Crippen molar-refractivity contribution >= 4 is 5.91 Å². The highest BCUT2D eigenvalue weighted by Crippen LogP contribution is 2.34. The summed E-state index contributed by atoms with van der Waals surface area (Å²) in [5.74, 6) is 1.28. The van der Waals surface area contributed by atoms with Crippen LogP contribution in [-0.2, 0) is 9.53 Å². The van der Waals surface area contributed by atoms with Gasteiger partial charge < -0.3 is 14.1 Å². The lowest BCUT2D eigenvalue weighted by Crippen LogP contribution is -2.55. The van der Waals surface area contributed by atoms with E-state index in [1.165, 1.54) is 114 Å². The Labute approximate surface area is 205 Å². The monoisotopic (exact) mass is 463 g/mol. The lowest BCUT2D eigenvalue weighted by molar-refractivity contribution is -0.944. The van der Waals surface area contributed by atoms with Gasteiger partial charge in [-0.15, -0.1) is 0 Å². The molecular weight excluding hydrogens is 408 g/mol. The molecule has 2 saturated carbocycles. The van der Waals surface area contributed by atoms with E-state index in [1.54, 1.807) is 0 Å². The molecule has 1 atom stereocenters. The average Bonchev–Trinajstić information content (AvgIpc) is 3.59. The van der Waals surface area contributed by atoms with E-state index >= 15 is 0 Å². The average molecular weight is 464 g/mol. The van der Waals surface area contributed by atoms with E-state index in [9.17, 15) is 4.79 Å². The molecule has 4 heteroatoms. The summed E-state index contributed by atoms with van der Waals surface area (Å²) in [4.78, 5) is 13.5. The van der Waals surface area contributed by atoms with Gasteiger partial charge in [0, 0.05) is 44.4 Å². The zero-order valence-corrected chi connectivity index (χ0v) is 22.4. The van der Waals surface area contributed by atoms with Crippen LogP contribution in [-0.4, -0.2) is 66.3 Å². The molecule has 2 aliphatic carbocycles. The molecule has 5 aliphatic rings. The Morgan fingerprint density at radius 2 is 1.48 bits per heavy atom. The molecule has 1 amide bonds. The van der Waals surface area contributed by atoms with Crippen molar-refractivity contribution in [2.24, 2.45) is 5.92 Å². The van der Waals surface area contributed by atoms with Crippen LogP contribution in [0.15, 0.2) is 0 Å². The van der Waals surface area contributed by atoms with Gasteiger partial charge in [0.2, 0.25) is 5.91 Å². The Balaban J connectivity index is 0.000000151. The van der Waals surface area contributed by atoms with Crippen LogP contribution in [0.25, 0.3) is 0 Å². The van der Waals surface area contributed by atoms with Crippen molar-refractivity contribution in [2.75, 3.05) is 32.8 Å². The van der Waals surface area contributed by atoms with Crippen molar-refractivity contribution in [3.8, 4) is 0 Å². The predicted octanol–water partition coefficient (Wildman–Crippen LogP) is 6.71. The minimum absolute atomic E-state index is 0.405. The molecule has 33 heavy (non-hydrogen) atoms. The first kappa shape index (κ1) is 27.0. The summed E-state index contributed by atoms with van der Waals surface area (Å²) in [6.45, 7) is 13.4. The standard InChI is InChI=1S/C14H28N.C10H17NO.C5H10O/c1-13(2)12-15(10-6-7-11-15)14-8-4-3-5-9-14;12-10-7-4-8-11(10)9-5-2-1-3-6-9;1-5-3-2-4-6-5/h13-14H,3-12H2,1-2H3;9H,1-8H2;5H,2-4H2,1H3/q+1;;. The molecule has 3 heterocycles. The summed E-state index contributed by atoms with van der Waals surface area (Å²) >= 11 is 0. The zero-order chi connectivity index (χ0) is 23.5. The quantitative estimate of drug-likeness (QED) is 0.433. The Bertz CT molecular complexity index is 540. The third-order valence-corrected chi connectivity index (χ3v) is 8.82. The first-order chi connectivity index (χ1) is 16.0. The molecule has 5 rings (SSSR count). The maximum atomic E-state index is 11.4.